The minimum absolute atomic E-state index is 0.146. The lowest BCUT2D eigenvalue weighted by Gasteiger charge is -2.18. The van der Waals surface area contributed by atoms with Gasteiger partial charge in [0.15, 0.2) is 6.61 Å². The number of hydrogen-bond acceptors (Lipinski definition) is 3. The van der Waals surface area contributed by atoms with Crippen molar-refractivity contribution in [1.29, 1.82) is 0 Å². The fraction of sp³-hybridized carbons (Fsp3) is 0.467. The summed E-state index contributed by atoms with van der Waals surface area (Å²) in [5, 5.41) is 0. The average molecular weight is 278 g/mol. The number of aryl methyl sites for hydroxylation is 2. The molecule has 0 bridgehead atoms. The Kier molecular flexibility index (Phi) is 5.13. The summed E-state index contributed by atoms with van der Waals surface area (Å²) in [5.41, 5.74) is 6.40. The Bertz CT molecular complexity index is 504. The van der Waals surface area contributed by atoms with Crippen LogP contribution in [0, 0.1) is 19.3 Å². The zero-order valence-corrected chi connectivity index (χ0v) is 12.7. The number of benzene rings is 1. The second-order valence-electron chi connectivity index (χ2n) is 5.79. The maximum Gasteiger partial charge on any atom is 0.276 e. The number of carbonyl (C=O) groups excluding carboxylic acids is 2. The molecule has 0 saturated heterocycles. The number of amides is 2. The summed E-state index contributed by atoms with van der Waals surface area (Å²) in [6.07, 6.45) is 0. The molecule has 2 amide bonds. The van der Waals surface area contributed by atoms with Gasteiger partial charge in [-0.3, -0.25) is 20.4 Å². The summed E-state index contributed by atoms with van der Waals surface area (Å²) in [5.74, 6) is -0.0248. The van der Waals surface area contributed by atoms with Crippen LogP contribution in [0.5, 0.6) is 5.75 Å². The molecule has 0 atom stereocenters. The van der Waals surface area contributed by atoms with Crippen molar-refractivity contribution >= 4 is 11.8 Å². The van der Waals surface area contributed by atoms with Crippen LogP contribution in [-0.4, -0.2) is 18.4 Å². The van der Waals surface area contributed by atoms with E-state index in [9.17, 15) is 9.59 Å². The van der Waals surface area contributed by atoms with Gasteiger partial charge in [-0.15, -0.1) is 0 Å². The zero-order valence-electron chi connectivity index (χ0n) is 12.7. The molecule has 0 spiro atoms. The lowest BCUT2D eigenvalue weighted by Crippen LogP contribution is -2.48. The molecule has 0 aliphatic rings. The topological polar surface area (TPSA) is 67.4 Å². The first-order valence-corrected chi connectivity index (χ1v) is 6.49. The van der Waals surface area contributed by atoms with E-state index in [1.807, 2.05) is 32.0 Å². The van der Waals surface area contributed by atoms with Crippen molar-refractivity contribution in [3.05, 3.63) is 29.3 Å². The summed E-state index contributed by atoms with van der Waals surface area (Å²) in [6.45, 7) is 9.13. The van der Waals surface area contributed by atoms with Crippen molar-refractivity contribution in [2.24, 2.45) is 5.41 Å². The second kappa shape index (κ2) is 6.41. The van der Waals surface area contributed by atoms with E-state index in [1.165, 1.54) is 5.56 Å². The molecule has 0 fully saturated rings. The summed E-state index contributed by atoms with van der Waals surface area (Å²) in [6, 6.07) is 5.61. The van der Waals surface area contributed by atoms with E-state index in [4.69, 9.17) is 4.74 Å². The predicted octanol–water partition coefficient (Wildman–Crippen LogP) is 1.88. The Hall–Kier alpha value is -2.04. The van der Waals surface area contributed by atoms with Crippen LogP contribution >= 0.6 is 0 Å². The predicted molar refractivity (Wildman–Crippen MR) is 77.2 cm³/mol. The van der Waals surface area contributed by atoms with E-state index in [0.717, 1.165) is 5.56 Å². The highest BCUT2D eigenvalue weighted by molar-refractivity contribution is 5.85. The van der Waals surface area contributed by atoms with E-state index in [1.54, 1.807) is 20.8 Å². The van der Waals surface area contributed by atoms with Crippen molar-refractivity contribution in [2.45, 2.75) is 34.6 Å². The van der Waals surface area contributed by atoms with Gasteiger partial charge < -0.3 is 4.74 Å². The molecule has 0 unspecified atom stereocenters. The van der Waals surface area contributed by atoms with Crippen molar-refractivity contribution in [3.63, 3.8) is 0 Å². The van der Waals surface area contributed by atoms with Gasteiger partial charge in [0.25, 0.3) is 5.91 Å². The first-order valence-electron chi connectivity index (χ1n) is 6.49. The number of hydrazine groups is 1. The standard InChI is InChI=1S/C15H22N2O3/c1-10-6-7-12(8-11(10)2)20-9-13(18)16-17-14(19)15(3,4)5/h6-8H,9H2,1-5H3,(H,16,18)(H,17,19). The zero-order chi connectivity index (χ0) is 15.3. The molecule has 0 aliphatic heterocycles. The largest absolute Gasteiger partial charge is 0.484 e. The molecular formula is C15H22N2O3. The first-order chi connectivity index (χ1) is 9.20. The Morgan fingerprint density at radius 1 is 1.10 bits per heavy atom. The average Bonchev–Trinajstić information content (AvgIpc) is 2.36. The molecule has 110 valence electrons. The highest BCUT2D eigenvalue weighted by Gasteiger charge is 2.21. The van der Waals surface area contributed by atoms with Crippen LogP contribution in [0.2, 0.25) is 0 Å². The fourth-order valence-corrected chi connectivity index (χ4v) is 1.30. The van der Waals surface area contributed by atoms with Gasteiger partial charge in [-0.2, -0.15) is 0 Å². The maximum atomic E-state index is 11.6. The van der Waals surface area contributed by atoms with Crippen molar-refractivity contribution in [1.82, 2.24) is 10.9 Å². The molecule has 0 saturated carbocycles. The fourth-order valence-electron chi connectivity index (χ4n) is 1.30. The van der Waals surface area contributed by atoms with Crippen LogP contribution in [0.4, 0.5) is 0 Å². The number of carbonyl (C=O) groups is 2. The Balaban J connectivity index is 2.40. The summed E-state index contributed by atoms with van der Waals surface area (Å²) in [4.78, 5) is 23.1. The van der Waals surface area contributed by atoms with Crippen LogP contribution in [0.1, 0.15) is 31.9 Å². The summed E-state index contributed by atoms with van der Waals surface area (Å²) < 4.78 is 5.36. The molecular weight excluding hydrogens is 256 g/mol. The molecule has 5 nitrogen and oxygen atoms in total. The van der Waals surface area contributed by atoms with E-state index < -0.39 is 11.3 Å². The van der Waals surface area contributed by atoms with Gasteiger partial charge in [0.05, 0.1) is 0 Å². The van der Waals surface area contributed by atoms with Gasteiger partial charge in [0, 0.05) is 5.41 Å². The van der Waals surface area contributed by atoms with E-state index in [-0.39, 0.29) is 12.5 Å². The molecule has 20 heavy (non-hydrogen) atoms. The van der Waals surface area contributed by atoms with Gasteiger partial charge in [0.1, 0.15) is 5.75 Å². The number of hydrogen-bond donors (Lipinski definition) is 2. The van der Waals surface area contributed by atoms with Gasteiger partial charge in [-0.25, -0.2) is 0 Å². The van der Waals surface area contributed by atoms with Crippen LogP contribution in [0.25, 0.3) is 0 Å². The molecule has 2 N–H and O–H groups in total. The highest BCUT2D eigenvalue weighted by atomic mass is 16.5. The van der Waals surface area contributed by atoms with Crippen LogP contribution in [0.15, 0.2) is 18.2 Å². The molecule has 5 heteroatoms. The number of rotatable bonds is 3. The van der Waals surface area contributed by atoms with Crippen molar-refractivity contribution in [2.75, 3.05) is 6.61 Å². The third-order valence-corrected chi connectivity index (χ3v) is 2.84. The maximum absolute atomic E-state index is 11.6. The summed E-state index contributed by atoms with van der Waals surface area (Å²) in [7, 11) is 0. The first kappa shape index (κ1) is 16.0. The quantitative estimate of drug-likeness (QED) is 0.830. The molecule has 0 aromatic heterocycles. The minimum atomic E-state index is -0.553. The molecule has 0 radical (unpaired) electrons. The Labute approximate surface area is 119 Å². The highest BCUT2D eigenvalue weighted by Crippen LogP contribution is 2.16. The minimum Gasteiger partial charge on any atom is -0.484 e. The molecule has 1 aromatic rings. The van der Waals surface area contributed by atoms with E-state index >= 15 is 0 Å². The van der Waals surface area contributed by atoms with E-state index in [2.05, 4.69) is 10.9 Å². The Morgan fingerprint density at radius 2 is 1.75 bits per heavy atom. The number of nitrogens with one attached hydrogen (secondary N) is 2. The lowest BCUT2D eigenvalue weighted by molar-refractivity contribution is -0.134. The van der Waals surface area contributed by atoms with E-state index in [0.29, 0.717) is 5.75 Å². The van der Waals surface area contributed by atoms with Gasteiger partial charge in [-0.1, -0.05) is 26.8 Å². The molecule has 1 rings (SSSR count). The van der Waals surface area contributed by atoms with Gasteiger partial charge >= 0.3 is 0 Å². The molecule has 0 aliphatic carbocycles. The summed E-state index contributed by atoms with van der Waals surface area (Å²) >= 11 is 0. The van der Waals surface area contributed by atoms with Crippen LogP contribution < -0.4 is 15.6 Å². The lowest BCUT2D eigenvalue weighted by atomic mass is 9.96. The van der Waals surface area contributed by atoms with Gasteiger partial charge in [-0.05, 0) is 37.1 Å². The number of ether oxygens (including phenoxy) is 1. The SMILES string of the molecule is Cc1ccc(OCC(=O)NNC(=O)C(C)(C)C)cc1C. The van der Waals surface area contributed by atoms with Crippen LogP contribution in [-0.2, 0) is 9.59 Å². The monoisotopic (exact) mass is 278 g/mol. The van der Waals surface area contributed by atoms with Gasteiger partial charge in [0.2, 0.25) is 5.91 Å². The third-order valence-electron chi connectivity index (χ3n) is 2.84. The Morgan fingerprint density at radius 3 is 2.30 bits per heavy atom. The normalized spacial score (nSPS) is 10.8. The van der Waals surface area contributed by atoms with Crippen molar-refractivity contribution in [3.8, 4) is 5.75 Å². The van der Waals surface area contributed by atoms with Crippen molar-refractivity contribution < 1.29 is 14.3 Å². The third kappa shape index (κ3) is 4.91. The smallest absolute Gasteiger partial charge is 0.276 e. The van der Waals surface area contributed by atoms with Crippen LogP contribution in [0.3, 0.4) is 0 Å². The molecule has 1 aromatic carbocycles. The second-order valence-corrected chi connectivity index (χ2v) is 5.79. The molecule has 0 heterocycles.